The third-order valence-corrected chi connectivity index (χ3v) is 4.70. The van der Waals surface area contributed by atoms with Gasteiger partial charge in [-0.25, -0.2) is 9.37 Å². The fraction of sp³-hybridized carbons (Fsp3) is 0.190. The molecule has 0 amide bonds. The number of aromatic amines is 1. The largest absolute Gasteiger partial charge is 0.379 e. The quantitative estimate of drug-likeness (QED) is 0.556. The third-order valence-electron chi connectivity index (χ3n) is 4.70. The van der Waals surface area contributed by atoms with Gasteiger partial charge in [0.1, 0.15) is 5.82 Å². The highest BCUT2D eigenvalue weighted by molar-refractivity contribution is 5.59. The van der Waals surface area contributed by atoms with E-state index in [1.54, 1.807) is 12.1 Å². The SMILES string of the molecule is CCc1ccc(-c2nc3nc(CNc4ccc(F)cc4)cc(=O)n3[nH]2)cc1C. The topological polar surface area (TPSA) is 75.1 Å². The summed E-state index contributed by atoms with van der Waals surface area (Å²) in [6.45, 7) is 4.52. The lowest BCUT2D eigenvalue weighted by Gasteiger charge is -2.05. The summed E-state index contributed by atoms with van der Waals surface area (Å²) in [5.41, 5.74) is 4.45. The first-order valence-electron chi connectivity index (χ1n) is 9.11. The first-order valence-corrected chi connectivity index (χ1v) is 9.11. The van der Waals surface area contributed by atoms with E-state index in [2.05, 4.69) is 46.4 Å². The predicted molar refractivity (Wildman–Crippen MR) is 107 cm³/mol. The Balaban J connectivity index is 1.62. The zero-order valence-electron chi connectivity index (χ0n) is 15.7. The molecule has 2 aromatic carbocycles. The number of H-pyrrole nitrogens is 1. The standard InChI is InChI=1S/C21H20FN5O/c1-3-14-4-5-15(10-13(14)2)20-25-21-24-18(11-19(28)27(21)26-20)12-23-17-8-6-16(22)7-9-17/h4-11,23H,3,12H2,1-2H3,(H,24,25,26). The number of benzene rings is 2. The number of hydrogen-bond donors (Lipinski definition) is 2. The van der Waals surface area contributed by atoms with E-state index in [4.69, 9.17) is 0 Å². The minimum Gasteiger partial charge on any atom is -0.379 e. The number of nitrogens with zero attached hydrogens (tertiary/aromatic N) is 3. The molecule has 0 fully saturated rings. The highest BCUT2D eigenvalue weighted by Gasteiger charge is 2.10. The fourth-order valence-electron chi connectivity index (χ4n) is 3.15. The summed E-state index contributed by atoms with van der Waals surface area (Å²) in [6.07, 6.45) is 0.970. The third kappa shape index (κ3) is 3.51. The van der Waals surface area contributed by atoms with Gasteiger partial charge in [0.2, 0.25) is 0 Å². The monoisotopic (exact) mass is 377 g/mol. The Morgan fingerprint density at radius 3 is 2.61 bits per heavy atom. The zero-order valence-corrected chi connectivity index (χ0v) is 15.7. The van der Waals surface area contributed by atoms with E-state index in [1.165, 1.54) is 33.8 Å². The predicted octanol–water partition coefficient (Wildman–Crippen LogP) is 3.71. The summed E-state index contributed by atoms with van der Waals surface area (Å²) in [6, 6.07) is 13.6. The van der Waals surface area contributed by atoms with Gasteiger partial charge in [-0.3, -0.25) is 9.89 Å². The van der Waals surface area contributed by atoms with E-state index in [9.17, 15) is 9.18 Å². The highest BCUT2D eigenvalue weighted by atomic mass is 19.1. The van der Waals surface area contributed by atoms with Gasteiger partial charge in [-0.1, -0.05) is 19.1 Å². The maximum atomic E-state index is 13.0. The molecule has 0 bridgehead atoms. The van der Waals surface area contributed by atoms with E-state index < -0.39 is 0 Å². The number of hydrogen-bond acceptors (Lipinski definition) is 4. The van der Waals surface area contributed by atoms with Gasteiger partial charge in [-0.05, 0) is 54.8 Å². The average molecular weight is 377 g/mol. The lowest BCUT2D eigenvalue weighted by Crippen LogP contribution is -2.17. The molecule has 0 aliphatic rings. The van der Waals surface area contributed by atoms with E-state index in [0.717, 1.165) is 17.7 Å². The smallest absolute Gasteiger partial charge is 0.274 e. The summed E-state index contributed by atoms with van der Waals surface area (Å²) in [4.78, 5) is 21.4. The Labute approximate surface area is 161 Å². The molecule has 0 aliphatic carbocycles. The molecule has 4 aromatic rings. The van der Waals surface area contributed by atoms with E-state index >= 15 is 0 Å². The molecule has 0 spiro atoms. The van der Waals surface area contributed by atoms with Crippen molar-refractivity contribution in [2.24, 2.45) is 0 Å². The van der Waals surface area contributed by atoms with Gasteiger partial charge in [0.05, 0.1) is 12.2 Å². The molecular weight excluding hydrogens is 357 g/mol. The van der Waals surface area contributed by atoms with Crippen LogP contribution in [0.2, 0.25) is 0 Å². The fourth-order valence-corrected chi connectivity index (χ4v) is 3.15. The normalized spacial score (nSPS) is 11.1. The van der Waals surface area contributed by atoms with Crippen molar-refractivity contribution in [1.29, 1.82) is 0 Å². The Hall–Kier alpha value is -3.48. The number of fused-ring (bicyclic) bond motifs is 1. The summed E-state index contributed by atoms with van der Waals surface area (Å²) >= 11 is 0. The van der Waals surface area contributed by atoms with Gasteiger partial charge >= 0.3 is 0 Å². The number of halogens is 1. The number of aromatic nitrogens is 4. The summed E-state index contributed by atoms with van der Waals surface area (Å²) in [5, 5.41) is 6.14. The van der Waals surface area contributed by atoms with Gasteiger partial charge in [0.15, 0.2) is 5.82 Å². The Morgan fingerprint density at radius 2 is 1.89 bits per heavy atom. The molecule has 0 saturated carbocycles. The van der Waals surface area contributed by atoms with Crippen molar-refractivity contribution in [3.05, 3.63) is 81.5 Å². The summed E-state index contributed by atoms with van der Waals surface area (Å²) in [5.74, 6) is 0.615. The Kier molecular flexibility index (Phi) is 4.65. The molecule has 0 aliphatic heterocycles. The molecular formula is C21H20FN5O. The Morgan fingerprint density at radius 1 is 1.11 bits per heavy atom. The molecule has 0 unspecified atom stereocenters. The van der Waals surface area contributed by atoms with Crippen LogP contribution in [0.1, 0.15) is 23.7 Å². The number of anilines is 1. The molecule has 0 saturated heterocycles. The van der Waals surface area contributed by atoms with Crippen LogP contribution in [-0.2, 0) is 13.0 Å². The van der Waals surface area contributed by atoms with Crippen LogP contribution >= 0.6 is 0 Å². The molecule has 0 radical (unpaired) electrons. The van der Waals surface area contributed by atoms with E-state index in [0.29, 0.717) is 23.8 Å². The summed E-state index contributed by atoms with van der Waals surface area (Å²) in [7, 11) is 0. The zero-order chi connectivity index (χ0) is 19.7. The summed E-state index contributed by atoms with van der Waals surface area (Å²) < 4.78 is 14.3. The first-order chi connectivity index (χ1) is 13.5. The Bertz CT molecular complexity index is 1190. The second-order valence-electron chi connectivity index (χ2n) is 6.65. The van der Waals surface area contributed by atoms with Gasteiger partial charge in [0.25, 0.3) is 11.3 Å². The number of nitrogens with one attached hydrogen (secondary N) is 2. The van der Waals surface area contributed by atoms with Crippen LogP contribution < -0.4 is 10.9 Å². The van der Waals surface area contributed by atoms with Crippen molar-refractivity contribution in [3.63, 3.8) is 0 Å². The minimum atomic E-state index is -0.297. The van der Waals surface area contributed by atoms with Crippen LogP contribution in [0.3, 0.4) is 0 Å². The van der Waals surface area contributed by atoms with Gasteiger partial charge in [-0.2, -0.15) is 9.50 Å². The molecule has 142 valence electrons. The highest BCUT2D eigenvalue weighted by Crippen LogP contribution is 2.20. The molecule has 2 N–H and O–H groups in total. The average Bonchev–Trinajstić information content (AvgIpc) is 3.12. The molecule has 7 heteroatoms. The van der Waals surface area contributed by atoms with Crippen LogP contribution in [0.15, 0.2) is 53.3 Å². The van der Waals surface area contributed by atoms with E-state index in [-0.39, 0.29) is 11.4 Å². The molecule has 4 rings (SSSR count). The number of rotatable bonds is 5. The van der Waals surface area contributed by atoms with Crippen molar-refractivity contribution in [2.75, 3.05) is 5.32 Å². The van der Waals surface area contributed by atoms with Crippen molar-refractivity contribution < 1.29 is 4.39 Å². The minimum absolute atomic E-state index is 0.235. The first kappa shape index (κ1) is 17.9. The lowest BCUT2D eigenvalue weighted by molar-refractivity contribution is 0.628. The molecule has 0 atom stereocenters. The van der Waals surface area contributed by atoms with Crippen LogP contribution in [0.25, 0.3) is 17.2 Å². The van der Waals surface area contributed by atoms with Crippen molar-refractivity contribution in [2.45, 2.75) is 26.8 Å². The maximum absolute atomic E-state index is 13.0. The molecule has 2 heterocycles. The van der Waals surface area contributed by atoms with Crippen molar-refractivity contribution in [3.8, 4) is 11.4 Å². The van der Waals surface area contributed by atoms with Gasteiger partial charge < -0.3 is 5.32 Å². The molecule has 2 aromatic heterocycles. The van der Waals surface area contributed by atoms with Crippen molar-refractivity contribution >= 4 is 11.5 Å². The lowest BCUT2D eigenvalue weighted by atomic mass is 10.0. The van der Waals surface area contributed by atoms with Crippen LogP contribution in [0, 0.1) is 12.7 Å². The number of aryl methyl sites for hydroxylation is 2. The van der Waals surface area contributed by atoms with Gasteiger partial charge in [-0.15, -0.1) is 0 Å². The van der Waals surface area contributed by atoms with Crippen LogP contribution in [-0.4, -0.2) is 19.6 Å². The van der Waals surface area contributed by atoms with E-state index in [1.807, 2.05) is 6.07 Å². The van der Waals surface area contributed by atoms with Crippen molar-refractivity contribution in [1.82, 2.24) is 19.6 Å². The van der Waals surface area contributed by atoms with Crippen LogP contribution in [0.5, 0.6) is 0 Å². The molecule has 28 heavy (non-hydrogen) atoms. The maximum Gasteiger partial charge on any atom is 0.274 e. The van der Waals surface area contributed by atoms with Gasteiger partial charge in [0, 0.05) is 17.3 Å². The second kappa shape index (κ2) is 7.26. The molecule has 6 nitrogen and oxygen atoms in total. The van der Waals surface area contributed by atoms with Crippen LogP contribution in [0.4, 0.5) is 10.1 Å². The second-order valence-corrected chi connectivity index (χ2v) is 6.65.